The minimum Gasteiger partial charge on any atom is -0.320 e. The first-order valence-corrected chi connectivity index (χ1v) is 7.98. The first-order chi connectivity index (χ1) is 10.3. The molecule has 0 saturated carbocycles. The van der Waals surface area contributed by atoms with Crippen molar-refractivity contribution in [2.45, 2.75) is 37.9 Å². The minimum atomic E-state index is 0.422. The van der Waals surface area contributed by atoms with Crippen LogP contribution in [0.15, 0.2) is 24.3 Å². The van der Waals surface area contributed by atoms with Gasteiger partial charge in [-0.25, -0.2) is 0 Å². The van der Waals surface area contributed by atoms with Gasteiger partial charge in [-0.05, 0) is 44.0 Å². The topological polar surface area (TPSA) is 32.5 Å². The van der Waals surface area contributed by atoms with Gasteiger partial charge in [-0.3, -0.25) is 9.80 Å². The van der Waals surface area contributed by atoms with Gasteiger partial charge < -0.3 is 5.73 Å². The SMILES string of the molecule is CN1C2CCC1CN(Cc1cccc(C#CCN)c1)CC2. The van der Waals surface area contributed by atoms with E-state index < -0.39 is 0 Å². The van der Waals surface area contributed by atoms with E-state index in [2.05, 4.69) is 53.0 Å². The molecule has 1 aromatic carbocycles. The van der Waals surface area contributed by atoms with Crippen LogP contribution in [0.2, 0.25) is 0 Å². The Labute approximate surface area is 128 Å². The summed E-state index contributed by atoms with van der Waals surface area (Å²) in [5, 5.41) is 0. The molecule has 112 valence electrons. The normalized spacial score (nSPS) is 26.2. The van der Waals surface area contributed by atoms with E-state index in [1.807, 2.05) is 0 Å². The second kappa shape index (κ2) is 6.62. The first kappa shape index (κ1) is 14.6. The van der Waals surface area contributed by atoms with Gasteiger partial charge in [-0.1, -0.05) is 24.0 Å². The van der Waals surface area contributed by atoms with E-state index in [9.17, 15) is 0 Å². The maximum atomic E-state index is 5.44. The van der Waals surface area contributed by atoms with E-state index in [4.69, 9.17) is 5.73 Å². The molecular formula is C18H25N3. The zero-order valence-electron chi connectivity index (χ0n) is 12.9. The Morgan fingerprint density at radius 3 is 2.95 bits per heavy atom. The standard InChI is InChI=1S/C18H25N3/c1-20-17-7-8-18(20)14-21(11-9-17)13-16-5-2-4-15(12-16)6-3-10-19/h2,4-5,12,17-18H,7-11,13-14,19H2,1H3. The quantitative estimate of drug-likeness (QED) is 0.838. The zero-order valence-corrected chi connectivity index (χ0v) is 12.9. The lowest BCUT2D eigenvalue weighted by Crippen LogP contribution is -2.36. The number of hydrogen-bond acceptors (Lipinski definition) is 3. The van der Waals surface area contributed by atoms with Gasteiger partial charge in [0, 0.05) is 37.3 Å². The van der Waals surface area contributed by atoms with E-state index in [1.54, 1.807) is 0 Å². The molecule has 3 heteroatoms. The zero-order chi connectivity index (χ0) is 14.7. The minimum absolute atomic E-state index is 0.422. The summed E-state index contributed by atoms with van der Waals surface area (Å²) in [6.07, 6.45) is 4.05. The summed E-state index contributed by atoms with van der Waals surface area (Å²) in [7, 11) is 2.30. The Balaban J connectivity index is 1.66. The summed E-state index contributed by atoms with van der Waals surface area (Å²) in [5.74, 6) is 6.06. The van der Waals surface area contributed by atoms with E-state index in [0.29, 0.717) is 6.54 Å². The van der Waals surface area contributed by atoms with Crippen LogP contribution in [0.5, 0.6) is 0 Å². The van der Waals surface area contributed by atoms with Crippen molar-refractivity contribution in [3.63, 3.8) is 0 Å². The second-order valence-electron chi connectivity index (χ2n) is 6.28. The fourth-order valence-electron chi connectivity index (χ4n) is 3.68. The molecule has 0 amide bonds. The van der Waals surface area contributed by atoms with Gasteiger partial charge in [0.05, 0.1) is 6.54 Å². The molecule has 2 fully saturated rings. The molecule has 2 aliphatic rings. The fraction of sp³-hybridized carbons (Fsp3) is 0.556. The molecule has 2 bridgehead atoms. The molecule has 2 aliphatic heterocycles. The average Bonchev–Trinajstić information content (AvgIpc) is 2.74. The number of benzene rings is 1. The number of nitrogens with zero attached hydrogens (tertiary/aromatic N) is 2. The summed E-state index contributed by atoms with van der Waals surface area (Å²) in [4.78, 5) is 5.21. The third-order valence-corrected chi connectivity index (χ3v) is 4.90. The molecule has 3 rings (SSSR count). The van der Waals surface area contributed by atoms with Crippen LogP contribution in [-0.2, 0) is 6.54 Å². The van der Waals surface area contributed by atoms with Crippen molar-refractivity contribution in [1.82, 2.24) is 9.80 Å². The lowest BCUT2D eigenvalue weighted by Gasteiger charge is -2.25. The van der Waals surface area contributed by atoms with E-state index in [-0.39, 0.29) is 0 Å². The third kappa shape index (κ3) is 3.47. The van der Waals surface area contributed by atoms with Crippen molar-refractivity contribution < 1.29 is 0 Å². The van der Waals surface area contributed by atoms with E-state index in [0.717, 1.165) is 24.2 Å². The van der Waals surface area contributed by atoms with Crippen molar-refractivity contribution in [2.75, 3.05) is 26.7 Å². The number of nitrogens with two attached hydrogens (primary N) is 1. The fourth-order valence-corrected chi connectivity index (χ4v) is 3.68. The number of likely N-dealkylation sites (tertiary alicyclic amines) is 1. The molecule has 2 unspecified atom stereocenters. The maximum absolute atomic E-state index is 5.44. The number of hydrogen-bond donors (Lipinski definition) is 1. The summed E-state index contributed by atoms with van der Waals surface area (Å²) in [5.41, 5.74) is 7.88. The van der Waals surface area contributed by atoms with Gasteiger partial charge in [0.2, 0.25) is 0 Å². The third-order valence-electron chi connectivity index (χ3n) is 4.90. The molecule has 2 N–H and O–H groups in total. The van der Waals surface area contributed by atoms with Crippen LogP contribution in [0.4, 0.5) is 0 Å². The van der Waals surface area contributed by atoms with Gasteiger partial charge in [0.25, 0.3) is 0 Å². The highest BCUT2D eigenvalue weighted by Crippen LogP contribution is 2.29. The Morgan fingerprint density at radius 1 is 1.24 bits per heavy atom. The Bertz CT molecular complexity index is 543. The Kier molecular flexibility index (Phi) is 4.60. The summed E-state index contributed by atoms with van der Waals surface area (Å²) >= 11 is 0. The van der Waals surface area contributed by atoms with Crippen molar-refractivity contribution >= 4 is 0 Å². The summed E-state index contributed by atoms with van der Waals surface area (Å²) < 4.78 is 0. The lowest BCUT2D eigenvalue weighted by atomic mass is 10.1. The van der Waals surface area contributed by atoms with Gasteiger partial charge in [-0.2, -0.15) is 0 Å². The van der Waals surface area contributed by atoms with E-state index >= 15 is 0 Å². The molecule has 0 spiro atoms. The lowest BCUT2D eigenvalue weighted by molar-refractivity contribution is 0.214. The summed E-state index contributed by atoms with van der Waals surface area (Å²) in [6.45, 7) is 3.87. The Morgan fingerprint density at radius 2 is 2.10 bits per heavy atom. The van der Waals surface area contributed by atoms with Crippen LogP contribution in [0.3, 0.4) is 0 Å². The predicted molar refractivity (Wildman–Crippen MR) is 86.8 cm³/mol. The molecule has 1 aromatic rings. The smallest absolute Gasteiger partial charge is 0.0555 e. The van der Waals surface area contributed by atoms with Crippen LogP contribution in [0, 0.1) is 11.8 Å². The highest BCUT2D eigenvalue weighted by Gasteiger charge is 2.34. The highest BCUT2D eigenvalue weighted by molar-refractivity contribution is 5.37. The number of likely N-dealkylation sites (N-methyl/N-ethyl adjacent to an activating group) is 1. The average molecular weight is 283 g/mol. The number of fused-ring (bicyclic) bond motifs is 2. The molecule has 21 heavy (non-hydrogen) atoms. The molecule has 0 radical (unpaired) electrons. The highest BCUT2D eigenvalue weighted by atomic mass is 15.3. The molecule has 2 saturated heterocycles. The predicted octanol–water partition coefficient (Wildman–Crippen LogP) is 1.67. The van der Waals surface area contributed by atoms with Crippen molar-refractivity contribution in [3.8, 4) is 11.8 Å². The molecular weight excluding hydrogens is 258 g/mol. The van der Waals surface area contributed by atoms with Crippen LogP contribution in [0.1, 0.15) is 30.4 Å². The van der Waals surface area contributed by atoms with Crippen molar-refractivity contribution in [3.05, 3.63) is 35.4 Å². The molecule has 0 aromatic heterocycles. The van der Waals surface area contributed by atoms with Crippen LogP contribution in [-0.4, -0.2) is 48.6 Å². The largest absolute Gasteiger partial charge is 0.320 e. The molecule has 2 atom stereocenters. The van der Waals surface area contributed by atoms with Gasteiger partial charge in [0.1, 0.15) is 0 Å². The molecule has 3 nitrogen and oxygen atoms in total. The maximum Gasteiger partial charge on any atom is 0.0555 e. The van der Waals surface area contributed by atoms with Crippen molar-refractivity contribution in [1.29, 1.82) is 0 Å². The molecule has 2 heterocycles. The van der Waals surface area contributed by atoms with Crippen molar-refractivity contribution in [2.24, 2.45) is 5.73 Å². The van der Waals surface area contributed by atoms with Gasteiger partial charge in [-0.15, -0.1) is 0 Å². The van der Waals surface area contributed by atoms with E-state index in [1.165, 1.54) is 37.9 Å². The van der Waals surface area contributed by atoms with Crippen LogP contribution < -0.4 is 5.73 Å². The summed E-state index contributed by atoms with van der Waals surface area (Å²) in [6, 6.07) is 10.1. The number of rotatable bonds is 2. The van der Waals surface area contributed by atoms with Crippen LogP contribution >= 0.6 is 0 Å². The monoisotopic (exact) mass is 283 g/mol. The Hall–Kier alpha value is -1.34. The second-order valence-corrected chi connectivity index (χ2v) is 6.28. The van der Waals surface area contributed by atoms with Gasteiger partial charge >= 0.3 is 0 Å². The van der Waals surface area contributed by atoms with Gasteiger partial charge in [0.15, 0.2) is 0 Å². The molecule has 0 aliphatic carbocycles. The van der Waals surface area contributed by atoms with Crippen LogP contribution in [0.25, 0.3) is 0 Å². The first-order valence-electron chi connectivity index (χ1n) is 7.98.